The Morgan fingerprint density at radius 1 is 0.909 bits per heavy atom. The maximum absolute atomic E-state index is 14.1. The minimum absolute atomic E-state index is 0.0477. The molecule has 2 aromatic rings. The predicted molar refractivity (Wildman–Crippen MR) is 111 cm³/mol. The lowest BCUT2D eigenvalue weighted by atomic mass is 9.49. The Morgan fingerprint density at radius 3 is 1.91 bits per heavy atom. The van der Waals surface area contributed by atoms with Crippen LogP contribution in [0.1, 0.15) is 61.9 Å². The molecule has 1 aromatic heterocycles. The van der Waals surface area contributed by atoms with E-state index in [4.69, 9.17) is 0 Å². The van der Waals surface area contributed by atoms with Crippen LogP contribution in [0.25, 0.3) is 0 Å². The maximum atomic E-state index is 14.1. The van der Waals surface area contributed by atoms with Crippen LogP contribution < -0.4 is 5.32 Å². The monoisotopic (exact) mass is 467 g/mol. The number of aromatic nitrogens is 2. The van der Waals surface area contributed by atoms with E-state index in [9.17, 15) is 26.7 Å². The van der Waals surface area contributed by atoms with E-state index in [1.54, 1.807) is 13.8 Å². The van der Waals surface area contributed by atoms with E-state index >= 15 is 0 Å². The minimum Gasteiger partial charge on any atom is -0.323 e. The first-order chi connectivity index (χ1) is 15.6. The van der Waals surface area contributed by atoms with Crippen molar-refractivity contribution in [3.63, 3.8) is 0 Å². The molecule has 9 heteroatoms. The third kappa shape index (κ3) is 3.73. The highest BCUT2D eigenvalue weighted by Crippen LogP contribution is 2.61. The zero-order valence-corrected chi connectivity index (χ0v) is 18.6. The fourth-order valence-corrected chi connectivity index (χ4v) is 7.00. The summed E-state index contributed by atoms with van der Waals surface area (Å²) < 4.78 is 69.9. The molecule has 4 saturated carbocycles. The largest absolute Gasteiger partial charge is 0.323 e. The van der Waals surface area contributed by atoms with Gasteiger partial charge in [0.05, 0.1) is 29.2 Å². The third-order valence-electron chi connectivity index (χ3n) is 7.96. The van der Waals surface area contributed by atoms with Gasteiger partial charge in [0.15, 0.2) is 23.3 Å². The number of carbonyl (C=O) groups is 1. The van der Waals surface area contributed by atoms with Gasteiger partial charge in [0.1, 0.15) is 0 Å². The number of benzene rings is 1. The van der Waals surface area contributed by atoms with Crippen LogP contribution in [0.15, 0.2) is 0 Å². The quantitative estimate of drug-likeness (QED) is 0.344. The Hall–Kier alpha value is -2.45. The van der Waals surface area contributed by atoms with Gasteiger partial charge >= 0.3 is 0 Å². The molecule has 0 radical (unpaired) electrons. The highest BCUT2D eigenvalue weighted by Gasteiger charge is 2.51. The van der Waals surface area contributed by atoms with Crippen molar-refractivity contribution in [2.45, 2.75) is 65.3 Å². The summed E-state index contributed by atoms with van der Waals surface area (Å²) in [6.45, 7) is 2.57. The summed E-state index contributed by atoms with van der Waals surface area (Å²) in [7, 11) is 0. The van der Waals surface area contributed by atoms with E-state index in [0.717, 1.165) is 41.7 Å². The van der Waals surface area contributed by atoms with Gasteiger partial charge in [0.25, 0.3) is 0 Å². The van der Waals surface area contributed by atoms with Gasteiger partial charge in [0, 0.05) is 6.42 Å². The lowest BCUT2D eigenvalue weighted by molar-refractivity contribution is -0.124. The second-order valence-corrected chi connectivity index (χ2v) is 10.4. The smallest absolute Gasteiger partial charge is 0.225 e. The van der Waals surface area contributed by atoms with E-state index in [1.165, 1.54) is 19.3 Å². The Labute approximate surface area is 188 Å². The van der Waals surface area contributed by atoms with Crippen LogP contribution in [0.5, 0.6) is 0 Å². The number of amides is 1. The average molecular weight is 467 g/mol. The molecule has 1 amide bonds. The number of hydrogen-bond donors (Lipinski definition) is 1. The van der Waals surface area contributed by atoms with Gasteiger partial charge in [-0.2, -0.15) is 5.10 Å². The summed E-state index contributed by atoms with van der Waals surface area (Å²) in [5, 5.41) is 7.08. The van der Waals surface area contributed by atoms with Gasteiger partial charge in [0.2, 0.25) is 11.7 Å². The van der Waals surface area contributed by atoms with E-state index < -0.39 is 41.2 Å². The van der Waals surface area contributed by atoms with E-state index in [1.807, 2.05) is 0 Å². The molecule has 6 rings (SSSR count). The molecule has 1 N–H and O–H groups in total. The molecule has 4 fully saturated rings. The van der Waals surface area contributed by atoms with Crippen LogP contribution in [0.3, 0.4) is 0 Å². The molecule has 1 aromatic carbocycles. The number of nitrogens with zero attached hydrogens (tertiary/aromatic N) is 2. The molecule has 1 heterocycles. The van der Waals surface area contributed by atoms with Crippen molar-refractivity contribution in [1.82, 2.24) is 9.78 Å². The number of aryl methyl sites for hydroxylation is 1. The maximum Gasteiger partial charge on any atom is 0.225 e. The van der Waals surface area contributed by atoms with Gasteiger partial charge in [-0.05, 0) is 75.5 Å². The number of anilines is 1. The van der Waals surface area contributed by atoms with Crippen molar-refractivity contribution in [2.75, 3.05) is 5.32 Å². The molecule has 4 aliphatic carbocycles. The first kappa shape index (κ1) is 22.3. The number of hydrogen-bond acceptors (Lipinski definition) is 2. The van der Waals surface area contributed by atoms with Crippen LogP contribution >= 0.6 is 0 Å². The van der Waals surface area contributed by atoms with Crippen molar-refractivity contribution in [3.05, 3.63) is 46.0 Å². The van der Waals surface area contributed by atoms with Crippen molar-refractivity contribution < 1.29 is 26.7 Å². The molecule has 0 aliphatic heterocycles. The summed E-state index contributed by atoms with van der Waals surface area (Å²) >= 11 is 0. The molecule has 4 aliphatic rings. The predicted octanol–water partition coefficient (Wildman–Crippen LogP) is 5.79. The van der Waals surface area contributed by atoms with Crippen molar-refractivity contribution in [1.29, 1.82) is 0 Å². The summed E-state index contributed by atoms with van der Waals surface area (Å²) in [5.41, 5.74) is 0.286. The van der Waals surface area contributed by atoms with Gasteiger partial charge in [-0.1, -0.05) is 0 Å². The molecular weight excluding hydrogens is 441 g/mol. The number of halogens is 5. The second kappa shape index (κ2) is 7.81. The molecule has 0 unspecified atom stereocenters. The summed E-state index contributed by atoms with van der Waals surface area (Å²) in [5.74, 6) is -7.91. The first-order valence-electron chi connectivity index (χ1n) is 11.4. The van der Waals surface area contributed by atoms with Crippen molar-refractivity contribution in [3.8, 4) is 0 Å². The Bertz CT molecular complexity index is 1080. The normalized spacial score (nSPS) is 27.9. The molecule has 0 saturated heterocycles. The van der Waals surface area contributed by atoms with E-state index in [-0.39, 0.29) is 11.3 Å². The average Bonchev–Trinajstić information content (AvgIpc) is 3.00. The second-order valence-electron chi connectivity index (χ2n) is 10.4. The van der Waals surface area contributed by atoms with Gasteiger partial charge in [-0.15, -0.1) is 0 Å². The molecule has 33 heavy (non-hydrogen) atoms. The molecule has 0 spiro atoms. The van der Waals surface area contributed by atoms with Crippen LogP contribution in [0, 0.1) is 66.1 Å². The summed E-state index contributed by atoms with van der Waals surface area (Å²) in [6, 6.07) is 0. The molecule has 4 nitrogen and oxygen atoms in total. The molecular formula is C24H26F5N3O. The SMILES string of the molecule is Cc1nn(Cc2c(F)c(F)c(F)c(F)c2F)c(C)c1NC(=O)CC12CC3CC(CC(C3)C1)C2. The van der Waals surface area contributed by atoms with E-state index in [2.05, 4.69) is 10.4 Å². The molecule has 4 bridgehead atoms. The van der Waals surface area contributed by atoms with Gasteiger partial charge in [-0.25, -0.2) is 22.0 Å². The topological polar surface area (TPSA) is 46.9 Å². The van der Waals surface area contributed by atoms with Crippen LogP contribution in [-0.4, -0.2) is 15.7 Å². The third-order valence-corrected chi connectivity index (χ3v) is 7.96. The summed E-state index contributed by atoms with van der Waals surface area (Å²) in [4.78, 5) is 13.0. The van der Waals surface area contributed by atoms with E-state index in [0.29, 0.717) is 23.5 Å². The van der Waals surface area contributed by atoms with Gasteiger partial charge in [-0.3, -0.25) is 9.48 Å². The first-order valence-corrected chi connectivity index (χ1v) is 11.4. The van der Waals surface area contributed by atoms with Crippen molar-refractivity contribution in [2.24, 2.45) is 23.2 Å². The zero-order valence-electron chi connectivity index (χ0n) is 18.6. The number of carbonyl (C=O) groups excluding carboxylic acids is 1. The fourth-order valence-electron chi connectivity index (χ4n) is 7.00. The lowest BCUT2D eigenvalue weighted by Gasteiger charge is -2.56. The fraction of sp³-hybridized carbons (Fsp3) is 0.583. The molecule has 178 valence electrons. The van der Waals surface area contributed by atoms with Crippen LogP contribution in [0.2, 0.25) is 0 Å². The standard InChI is InChI=1S/C24H26F5N3O/c1-11-23(30-17(33)9-24-6-13-3-14(7-24)5-15(4-13)8-24)12(2)32(31-11)10-16-18(25)20(27)22(29)21(28)19(16)26/h13-15H,3-10H2,1-2H3,(H,30,33). The van der Waals surface area contributed by atoms with Gasteiger partial charge < -0.3 is 5.32 Å². The Kier molecular flexibility index (Phi) is 5.29. The number of rotatable bonds is 5. The Balaban J connectivity index is 1.35. The van der Waals surface area contributed by atoms with Crippen LogP contribution in [0.4, 0.5) is 27.6 Å². The minimum atomic E-state index is -2.19. The van der Waals surface area contributed by atoms with Crippen LogP contribution in [-0.2, 0) is 11.3 Å². The Morgan fingerprint density at radius 2 is 1.39 bits per heavy atom. The van der Waals surface area contributed by atoms with Crippen molar-refractivity contribution >= 4 is 11.6 Å². The lowest BCUT2D eigenvalue weighted by Crippen LogP contribution is -2.47. The highest BCUT2D eigenvalue weighted by molar-refractivity contribution is 5.92. The summed E-state index contributed by atoms with van der Waals surface area (Å²) in [6.07, 6.45) is 7.53. The highest BCUT2D eigenvalue weighted by atomic mass is 19.2. The zero-order chi connectivity index (χ0) is 23.7. The number of nitrogens with one attached hydrogen (secondary N) is 1. The molecule has 0 atom stereocenters.